The highest BCUT2D eigenvalue weighted by Gasteiger charge is 2.20. The van der Waals surface area contributed by atoms with Crippen LogP contribution in [0.15, 0.2) is 0 Å². The molecule has 1 aliphatic heterocycles. The number of likely N-dealkylation sites (tertiary alicyclic amines) is 1. The average molecular weight is 209 g/mol. The van der Waals surface area contributed by atoms with E-state index in [9.17, 15) is 0 Å². The van der Waals surface area contributed by atoms with Crippen molar-refractivity contribution in [2.45, 2.75) is 39.2 Å². The minimum Gasteiger partial charge on any atom is -0.314 e. The van der Waals surface area contributed by atoms with Gasteiger partial charge in [0.25, 0.3) is 0 Å². The summed E-state index contributed by atoms with van der Waals surface area (Å²) in [5.41, 5.74) is -0.243. The predicted octanol–water partition coefficient (Wildman–Crippen LogP) is 1.61. The molecule has 1 aliphatic rings. The van der Waals surface area contributed by atoms with E-state index in [-0.39, 0.29) is 5.41 Å². The predicted molar refractivity (Wildman–Crippen MR) is 62.5 cm³/mol. The minimum atomic E-state index is -0.243. The number of nitrogens with one attached hydrogen (secondary N) is 1. The Hall–Kier alpha value is -0.590. The maximum atomic E-state index is 8.88. The molecule has 0 aromatic rings. The van der Waals surface area contributed by atoms with Gasteiger partial charge in [-0.05, 0) is 40.3 Å². The van der Waals surface area contributed by atoms with Gasteiger partial charge in [0.1, 0.15) is 0 Å². The van der Waals surface area contributed by atoms with Gasteiger partial charge in [-0.1, -0.05) is 6.42 Å². The molecule has 1 heterocycles. The second kappa shape index (κ2) is 5.48. The van der Waals surface area contributed by atoms with Crippen molar-refractivity contribution < 1.29 is 0 Å². The lowest BCUT2D eigenvalue weighted by Gasteiger charge is -2.33. The molecule has 1 N–H and O–H groups in total. The fraction of sp³-hybridized carbons (Fsp3) is 0.917. The van der Waals surface area contributed by atoms with Crippen molar-refractivity contribution >= 4 is 0 Å². The van der Waals surface area contributed by atoms with Crippen molar-refractivity contribution in [3.8, 4) is 6.07 Å². The summed E-state index contributed by atoms with van der Waals surface area (Å²) in [6, 6.07) is 2.97. The summed E-state index contributed by atoms with van der Waals surface area (Å²) in [5, 5.41) is 12.3. The summed E-state index contributed by atoms with van der Waals surface area (Å²) in [5.74, 6) is 0. The van der Waals surface area contributed by atoms with Crippen molar-refractivity contribution in [1.29, 1.82) is 5.26 Å². The van der Waals surface area contributed by atoms with Gasteiger partial charge in [-0.3, -0.25) is 0 Å². The van der Waals surface area contributed by atoms with Crippen molar-refractivity contribution in [3.63, 3.8) is 0 Å². The summed E-state index contributed by atoms with van der Waals surface area (Å²) in [6.07, 6.45) is 3.96. The fourth-order valence-electron chi connectivity index (χ4n) is 1.99. The van der Waals surface area contributed by atoms with E-state index in [0.29, 0.717) is 6.04 Å². The van der Waals surface area contributed by atoms with Gasteiger partial charge in [0, 0.05) is 19.1 Å². The molecular weight excluding hydrogens is 186 g/mol. The van der Waals surface area contributed by atoms with Crippen molar-refractivity contribution in [2.24, 2.45) is 5.41 Å². The van der Waals surface area contributed by atoms with Crippen LogP contribution in [-0.2, 0) is 0 Å². The molecule has 0 amide bonds. The number of piperidine rings is 1. The molecule has 1 fully saturated rings. The summed E-state index contributed by atoms with van der Waals surface area (Å²) in [6.45, 7) is 6.97. The number of nitrogens with zero attached hydrogens (tertiary/aromatic N) is 2. The molecule has 3 nitrogen and oxygen atoms in total. The highest BCUT2D eigenvalue weighted by molar-refractivity contribution is 4.93. The maximum absolute atomic E-state index is 8.88. The molecule has 1 rings (SSSR count). The number of rotatable bonds is 4. The van der Waals surface area contributed by atoms with Crippen LogP contribution in [0.25, 0.3) is 0 Å². The lowest BCUT2D eigenvalue weighted by Crippen LogP contribution is -2.44. The molecule has 86 valence electrons. The Bertz CT molecular complexity index is 230. The zero-order valence-corrected chi connectivity index (χ0v) is 10.2. The fourth-order valence-corrected chi connectivity index (χ4v) is 1.99. The summed E-state index contributed by atoms with van der Waals surface area (Å²) < 4.78 is 0. The van der Waals surface area contributed by atoms with Gasteiger partial charge in [0.2, 0.25) is 0 Å². The Kier molecular flexibility index (Phi) is 4.56. The molecule has 0 bridgehead atoms. The van der Waals surface area contributed by atoms with Gasteiger partial charge in [-0.2, -0.15) is 5.26 Å². The van der Waals surface area contributed by atoms with Crippen LogP contribution in [-0.4, -0.2) is 37.6 Å². The van der Waals surface area contributed by atoms with Crippen LogP contribution < -0.4 is 5.32 Å². The summed E-state index contributed by atoms with van der Waals surface area (Å²) in [4.78, 5) is 2.43. The average Bonchev–Trinajstić information content (AvgIpc) is 2.21. The van der Waals surface area contributed by atoms with E-state index in [2.05, 4.69) is 23.3 Å². The molecule has 0 aromatic heterocycles. The molecular formula is C12H23N3. The van der Waals surface area contributed by atoms with Gasteiger partial charge in [-0.25, -0.2) is 0 Å². The van der Waals surface area contributed by atoms with Crippen molar-refractivity contribution in [2.75, 3.05) is 26.7 Å². The highest BCUT2D eigenvalue weighted by Crippen LogP contribution is 2.15. The largest absolute Gasteiger partial charge is 0.314 e. The van der Waals surface area contributed by atoms with Crippen LogP contribution >= 0.6 is 0 Å². The molecule has 1 saturated heterocycles. The molecule has 0 aromatic carbocycles. The Morgan fingerprint density at radius 1 is 1.47 bits per heavy atom. The van der Waals surface area contributed by atoms with E-state index < -0.39 is 0 Å². The zero-order chi connectivity index (χ0) is 11.3. The first-order valence-electron chi connectivity index (χ1n) is 5.87. The van der Waals surface area contributed by atoms with Crippen LogP contribution in [0.1, 0.15) is 33.1 Å². The van der Waals surface area contributed by atoms with Crippen LogP contribution in [0, 0.1) is 16.7 Å². The van der Waals surface area contributed by atoms with Gasteiger partial charge >= 0.3 is 0 Å². The molecule has 0 spiro atoms. The van der Waals surface area contributed by atoms with Crippen LogP contribution in [0.5, 0.6) is 0 Å². The minimum absolute atomic E-state index is 0.243. The molecule has 1 atom stereocenters. The Balaban J connectivity index is 2.22. The van der Waals surface area contributed by atoms with Gasteiger partial charge in [0.15, 0.2) is 0 Å². The van der Waals surface area contributed by atoms with Gasteiger partial charge in [-0.15, -0.1) is 0 Å². The van der Waals surface area contributed by atoms with E-state index in [1.54, 1.807) is 0 Å². The van der Waals surface area contributed by atoms with Gasteiger partial charge < -0.3 is 10.2 Å². The van der Waals surface area contributed by atoms with E-state index in [1.165, 1.54) is 25.8 Å². The molecule has 3 heteroatoms. The standard InChI is InChI=1S/C12H23N3/c1-12(2,9-13)10-14-8-11-6-4-5-7-15(11)3/h11,14H,4-8,10H2,1-3H3. The summed E-state index contributed by atoms with van der Waals surface area (Å²) >= 11 is 0. The maximum Gasteiger partial charge on any atom is 0.0697 e. The van der Waals surface area contributed by atoms with E-state index in [1.807, 2.05) is 13.8 Å². The third-order valence-electron chi connectivity index (χ3n) is 3.17. The molecule has 0 saturated carbocycles. The number of likely N-dealkylation sites (N-methyl/N-ethyl adjacent to an activating group) is 1. The molecule has 15 heavy (non-hydrogen) atoms. The quantitative estimate of drug-likeness (QED) is 0.764. The lowest BCUT2D eigenvalue weighted by atomic mass is 9.95. The zero-order valence-electron chi connectivity index (χ0n) is 10.2. The van der Waals surface area contributed by atoms with Gasteiger partial charge in [0.05, 0.1) is 11.5 Å². The van der Waals surface area contributed by atoms with Crippen molar-refractivity contribution in [3.05, 3.63) is 0 Å². The smallest absolute Gasteiger partial charge is 0.0697 e. The number of nitriles is 1. The molecule has 0 radical (unpaired) electrons. The van der Waals surface area contributed by atoms with Crippen LogP contribution in [0.2, 0.25) is 0 Å². The molecule has 0 aliphatic carbocycles. The Morgan fingerprint density at radius 2 is 2.20 bits per heavy atom. The van der Waals surface area contributed by atoms with Crippen LogP contribution in [0.3, 0.4) is 0 Å². The third-order valence-corrected chi connectivity index (χ3v) is 3.17. The van der Waals surface area contributed by atoms with Crippen LogP contribution in [0.4, 0.5) is 0 Å². The lowest BCUT2D eigenvalue weighted by molar-refractivity contribution is 0.179. The normalized spacial score (nSPS) is 23.7. The number of hydrogen-bond acceptors (Lipinski definition) is 3. The first-order valence-corrected chi connectivity index (χ1v) is 5.87. The first kappa shape index (κ1) is 12.5. The van der Waals surface area contributed by atoms with Crippen molar-refractivity contribution in [1.82, 2.24) is 10.2 Å². The highest BCUT2D eigenvalue weighted by atomic mass is 15.2. The Labute approximate surface area is 93.5 Å². The van der Waals surface area contributed by atoms with E-state index >= 15 is 0 Å². The second-order valence-corrected chi connectivity index (χ2v) is 5.26. The Morgan fingerprint density at radius 3 is 2.80 bits per heavy atom. The SMILES string of the molecule is CN1CCCCC1CNCC(C)(C)C#N. The third kappa shape index (κ3) is 4.19. The number of hydrogen-bond donors (Lipinski definition) is 1. The summed E-state index contributed by atoms with van der Waals surface area (Å²) in [7, 11) is 2.20. The monoisotopic (exact) mass is 209 g/mol. The first-order chi connectivity index (χ1) is 7.05. The topological polar surface area (TPSA) is 39.1 Å². The molecule has 1 unspecified atom stereocenters. The van der Waals surface area contributed by atoms with E-state index in [4.69, 9.17) is 5.26 Å². The van der Waals surface area contributed by atoms with E-state index in [0.717, 1.165) is 13.1 Å². The second-order valence-electron chi connectivity index (χ2n) is 5.26.